The number of phenols is 1. The molecule has 22 heavy (non-hydrogen) atoms. The summed E-state index contributed by atoms with van der Waals surface area (Å²) >= 11 is 0. The van der Waals surface area contributed by atoms with E-state index in [0.717, 1.165) is 12.2 Å². The van der Waals surface area contributed by atoms with E-state index < -0.39 is 23.5 Å². The van der Waals surface area contributed by atoms with Gasteiger partial charge in [-0.25, -0.2) is 0 Å². The van der Waals surface area contributed by atoms with Crippen molar-refractivity contribution in [1.82, 2.24) is 0 Å². The maximum absolute atomic E-state index is 12.0. The Morgan fingerprint density at radius 1 is 1.36 bits per heavy atom. The first-order valence-corrected chi connectivity index (χ1v) is 6.45. The van der Waals surface area contributed by atoms with Gasteiger partial charge in [0.25, 0.3) is 0 Å². The van der Waals surface area contributed by atoms with E-state index in [1.165, 1.54) is 32.2 Å². The maximum atomic E-state index is 12.0. The molecule has 6 heteroatoms. The van der Waals surface area contributed by atoms with Crippen LogP contribution in [0.15, 0.2) is 36.1 Å². The minimum atomic E-state index is -1.47. The molecule has 1 aromatic carbocycles. The average Bonchev–Trinajstić information content (AvgIpc) is 2.44. The Labute approximate surface area is 126 Å². The van der Waals surface area contributed by atoms with Crippen molar-refractivity contribution in [3.8, 4) is 11.5 Å². The highest BCUT2D eigenvalue weighted by molar-refractivity contribution is 6.25. The predicted octanol–water partition coefficient (Wildman–Crippen LogP) is 1.63. The summed E-state index contributed by atoms with van der Waals surface area (Å²) in [5.74, 6) is -3.22. The summed E-state index contributed by atoms with van der Waals surface area (Å²) in [4.78, 5) is 35.3. The molecule has 1 unspecified atom stereocenters. The summed E-state index contributed by atoms with van der Waals surface area (Å²) in [5.41, 5.74) is 0.523. The first-order valence-electron chi connectivity index (χ1n) is 6.45. The van der Waals surface area contributed by atoms with Crippen LogP contribution in [0.5, 0.6) is 11.5 Å². The second kappa shape index (κ2) is 6.26. The lowest BCUT2D eigenvalue weighted by atomic mass is 9.96. The monoisotopic (exact) mass is 302 g/mol. The zero-order chi connectivity index (χ0) is 16.3. The predicted molar refractivity (Wildman–Crippen MR) is 77.0 cm³/mol. The third kappa shape index (κ3) is 3.22. The number of cyclic esters (lactones) is 1. The van der Waals surface area contributed by atoms with Crippen molar-refractivity contribution in [2.75, 3.05) is 7.11 Å². The number of carbonyl (C=O) groups excluding carboxylic acids is 3. The molecule has 0 aliphatic carbocycles. The molecule has 2 rings (SSSR count). The molecule has 0 fully saturated rings. The van der Waals surface area contributed by atoms with Crippen LogP contribution in [0.4, 0.5) is 0 Å². The van der Waals surface area contributed by atoms with Gasteiger partial charge >= 0.3 is 5.97 Å². The van der Waals surface area contributed by atoms with Gasteiger partial charge in [-0.1, -0.05) is 12.1 Å². The molecule has 114 valence electrons. The van der Waals surface area contributed by atoms with Crippen LogP contribution in [0.2, 0.25) is 0 Å². The molecular weight excluding hydrogens is 288 g/mol. The third-order valence-electron chi connectivity index (χ3n) is 3.05. The quantitative estimate of drug-likeness (QED) is 0.516. The topological polar surface area (TPSA) is 89.9 Å². The Bertz CT molecular complexity index is 699. The first-order chi connectivity index (χ1) is 10.4. The lowest BCUT2D eigenvalue weighted by Crippen LogP contribution is -2.34. The largest absolute Gasteiger partial charge is 0.504 e. The summed E-state index contributed by atoms with van der Waals surface area (Å²) in [5, 5.41) is 9.64. The number of benzene rings is 1. The number of carbonyl (C=O) groups is 3. The summed E-state index contributed by atoms with van der Waals surface area (Å²) in [6, 6.07) is 4.55. The number of rotatable bonds is 4. The van der Waals surface area contributed by atoms with Gasteiger partial charge in [-0.2, -0.15) is 0 Å². The zero-order valence-electron chi connectivity index (χ0n) is 12.0. The summed E-state index contributed by atoms with van der Waals surface area (Å²) in [7, 11) is 1.42. The standard InChI is InChI=1S/C16H14O6/c1-9-7-13(19)15(16(20)22-9)11(17)5-3-10-4-6-14(21-2)12(18)8-10/h3-8,15,18H,1-2H3. The Morgan fingerprint density at radius 2 is 2.09 bits per heavy atom. The minimum absolute atomic E-state index is 0.0798. The fourth-order valence-electron chi connectivity index (χ4n) is 1.99. The Balaban J connectivity index is 2.16. The lowest BCUT2D eigenvalue weighted by Gasteiger charge is -2.15. The van der Waals surface area contributed by atoms with Crippen molar-refractivity contribution in [3.05, 3.63) is 41.7 Å². The van der Waals surface area contributed by atoms with Crippen LogP contribution in [0.1, 0.15) is 12.5 Å². The Morgan fingerprint density at radius 3 is 2.68 bits per heavy atom. The van der Waals surface area contributed by atoms with Crippen molar-refractivity contribution >= 4 is 23.6 Å². The fraction of sp³-hybridized carbons (Fsp3) is 0.188. The van der Waals surface area contributed by atoms with Gasteiger partial charge in [-0.05, 0) is 30.7 Å². The van der Waals surface area contributed by atoms with Crippen LogP contribution in [0.25, 0.3) is 6.08 Å². The molecule has 0 bridgehead atoms. The van der Waals surface area contributed by atoms with Crippen molar-refractivity contribution < 1.29 is 29.0 Å². The third-order valence-corrected chi connectivity index (χ3v) is 3.05. The van der Waals surface area contributed by atoms with Crippen molar-refractivity contribution in [1.29, 1.82) is 0 Å². The highest BCUT2D eigenvalue weighted by Gasteiger charge is 2.36. The molecular formula is C16H14O6. The highest BCUT2D eigenvalue weighted by Crippen LogP contribution is 2.26. The second-order valence-electron chi connectivity index (χ2n) is 4.68. The number of esters is 1. The van der Waals surface area contributed by atoms with Gasteiger partial charge < -0.3 is 14.6 Å². The van der Waals surface area contributed by atoms with E-state index >= 15 is 0 Å². The molecule has 0 amide bonds. The van der Waals surface area contributed by atoms with Gasteiger partial charge in [-0.3, -0.25) is 14.4 Å². The van der Waals surface area contributed by atoms with E-state index in [2.05, 4.69) is 0 Å². The number of hydrogen-bond donors (Lipinski definition) is 1. The maximum Gasteiger partial charge on any atom is 0.329 e. The van der Waals surface area contributed by atoms with Gasteiger partial charge in [0.1, 0.15) is 5.76 Å². The molecule has 1 aromatic rings. The van der Waals surface area contributed by atoms with Crippen LogP contribution in [0, 0.1) is 5.92 Å². The number of hydrogen-bond acceptors (Lipinski definition) is 6. The summed E-state index contributed by atoms with van der Waals surface area (Å²) < 4.78 is 9.69. The molecule has 6 nitrogen and oxygen atoms in total. The smallest absolute Gasteiger partial charge is 0.329 e. The van der Waals surface area contributed by atoms with E-state index in [1.54, 1.807) is 6.07 Å². The summed E-state index contributed by atoms with van der Waals surface area (Å²) in [6.45, 7) is 1.46. The molecule has 0 aromatic heterocycles. The number of methoxy groups -OCH3 is 1. The van der Waals surface area contributed by atoms with Crippen LogP contribution in [0.3, 0.4) is 0 Å². The summed E-state index contributed by atoms with van der Waals surface area (Å²) in [6.07, 6.45) is 3.63. The molecule has 1 aliphatic rings. The SMILES string of the molecule is COc1ccc(C=CC(=O)C2C(=O)C=C(C)OC2=O)cc1O. The normalized spacial score (nSPS) is 18.1. The van der Waals surface area contributed by atoms with Gasteiger partial charge in [0.2, 0.25) is 0 Å². The van der Waals surface area contributed by atoms with E-state index in [9.17, 15) is 19.5 Å². The van der Waals surface area contributed by atoms with Gasteiger partial charge in [0.15, 0.2) is 29.0 Å². The van der Waals surface area contributed by atoms with E-state index in [-0.39, 0.29) is 11.5 Å². The molecule has 0 spiro atoms. The number of ether oxygens (including phenoxy) is 2. The van der Waals surface area contributed by atoms with E-state index in [0.29, 0.717) is 11.3 Å². The zero-order valence-corrected chi connectivity index (χ0v) is 12.0. The number of allylic oxidation sites excluding steroid dienone is 3. The average molecular weight is 302 g/mol. The van der Waals surface area contributed by atoms with Crippen LogP contribution in [-0.2, 0) is 19.1 Å². The van der Waals surface area contributed by atoms with Crippen molar-refractivity contribution in [2.24, 2.45) is 5.92 Å². The number of phenolic OH excluding ortho intramolecular Hbond substituents is 1. The van der Waals surface area contributed by atoms with Crippen LogP contribution >= 0.6 is 0 Å². The molecule has 1 aliphatic heterocycles. The van der Waals surface area contributed by atoms with Crippen LogP contribution in [-0.4, -0.2) is 29.8 Å². The van der Waals surface area contributed by atoms with Crippen LogP contribution < -0.4 is 4.74 Å². The minimum Gasteiger partial charge on any atom is -0.504 e. The number of ketones is 2. The van der Waals surface area contributed by atoms with Crippen molar-refractivity contribution in [3.63, 3.8) is 0 Å². The van der Waals surface area contributed by atoms with E-state index in [4.69, 9.17) is 9.47 Å². The van der Waals surface area contributed by atoms with Gasteiger partial charge in [0.05, 0.1) is 7.11 Å². The molecule has 0 saturated carbocycles. The second-order valence-corrected chi connectivity index (χ2v) is 4.68. The first kappa shape index (κ1) is 15.5. The molecule has 0 radical (unpaired) electrons. The van der Waals surface area contributed by atoms with Gasteiger partial charge in [0, 0.05) is 6.08 Å². The Kier molecular flexibility index (Phi) is 4.41. The molecule has 1 heterocycles. The fourth-order valence-corrected chi connectivity index (χ4v) is 1.99. The highest BCUT2D eigenvalue weighted by atomic mass is 16.5. The van der Waals surface area contributed by atoms with Crippen molar-refractivity contribution in [2.45, 2.75) is 6.92 Å². The molecule has 1 N–H and O–H groups in total. The molecule has 0 saturated heterocycles. The lowest BCUT2D eigenvalue weighted by molar-refractivity contribution is -0.151. The van der Waals surface area contributed by atoms with Gasteiger partial charge in [-0.15, -0.1) is 0 Å². The van der Waals surface area contributed by atoms with E-state index in [1.807, 2.05) is 0 Å². The Hall–Kier alpha value is -2.89. The molecule has 1 atom stereocenters. The number of aromatic hydroxyl groups is 1.